The highest BCUT2D eigenvalue weighted by Crippen LogP contribution is 2.19. The maximum atomic E-state index is 11.8. The zero-order chi connectivity index (χ0) is 15.9. The van der Waals surface area contributed by atoms with Crippen molar-refractivity contribution in [2.75, 3.05) is 19.6 Å². The SMILES string of the molecule is COC(=O)/C(=N\Nc1ccc(OC)cc1)Sc1nncn1C. The molecule has 0 radical (unpaired) electrons. The van der Waals surface area contributed by atoms with Crippen molar-refractivity contribution in [3.05, 3.63) is 30.6 Å². The summed E-state index contributed by atoms with van der Waals surface area (Å²) in [5.74, 6) is 0.171. The maximum absolute atomic E-state index is 11.8. The van der Waals surface area contributed by atoms with E-state index in [4.69, 9.17) is 9.47 Å². The lowest BCUT2D eigenvalue weighted by atomic mass is 10.3. The van der Waals surface area contributed by atoms with Crippen LogP contribution in [0, 0.1) is 0 Å². The van der Waals surface area contributed by atoms with Gasteiger partial charge < -0.3 is 14.0 Å². The second kappa shape index (κ2) is 7.46. The van der Waals surface area contributed by atoms with Crippen molar-refractivity contribution < 1.29 is 14.3 Å². The molecule has 2 rings (SSSR count). The molecule has 0 saturated heterocycles. The van der Waals surface area contributed by atoms with Gasteiger partial charge in [-0.1, -0.05) is 0 Å². The Morgan fingerprint density at radius 1 is 1.32 bits per heavy atom. The van der Waals surface area contributed by atoms with Gasteiger partial charge in [-0.3, -0.25) is 5.43 Å². The number of methoxy groups -OCH3 is 2. The van der Waals surface area contributed by atoms with Gasteiger partial charge in [0.25, 0.3) is 0 Å². The molecule has 0 atom stereocenters. The number of nitrogens with zero attached hydrogens (tertiary/aromatic N) is 4. The molecule has 0 unspecified atom stereocenters. The number of ether oxygens (including phenoxy) is 2. The first kappa shape index (κ1) is 15.8. The molecule has 0 aliphatic heterocycles. The van der Waals surface area contributed by atoms with Gasteiger partial charge in [-0.05, 0) is 36.0 Å². The van der Waals surface area contributed by atoms with Crippen LogP contribution < -0.4 is 10.2 Å². The van der Waals surface area contributed by atoms with E-state index in [9.17, 15) is 4.79 Å². The average molecular weight is 321 g/mol. The molecular weight excluding hydrogens is 306 g/mol. The smallest absolute Gasteiger partial charge is 0.365 e. The van der Waals surface area contributed by atoms with Gasteiger partial charge in [0.1, 0.15) is 12.1 Å². The largest absolute Gasteiger partial charge is 0.497 e. The number of thioether (sulfide) groups is 1. The van der Waals surface area contributed by atoms with Gasteiger partial charge in [0, 0.05) is 7.05 Å². The normalized spacial score (nSPS) is 11.1. The third-order valence-electron chi connectivity index (χ3n) is 2.59. The van der Waals surface area contributed by atoms with Crippen molar-refractivity contribution in [2.24, 2.45) is 12.1 Å². The quantitative estimate of drug-likeness (QED) is 0.300. The lowest BCUT2D eigenvalue weighted by Crippen LogP contribution is -2.14. The highest BCUT2D eigenvalue weighted by atomic mass is 32.2. The molecule has 9 heteroatoms. The number of benzene rings is 1. The van der Waals surface area contributed by atoms with Crippen molar-refractivity contribution in [1.82, 2.24) is 14.8 Å². The molecule has 0 spiro atoms. The first-order valence-electron chi connectivity index (χ1n) is 6.22. The summed E-state index contributed by atoms with van der Waals surface area (Å²) in [6.07, 6.45) is 1.54. The zero-order valence-electron chi connectivity index (χ0n) is 12.3. The average Bonchev–Trinajstić information content (AvgIpc) is 2.96. The number of hydrogen-bond acceptors (Lipinski definition) is 8. The summed E-state index contributed by atoms with van der Waals surface area (Å²) >= 11 is 1.06. The van der Waals surface area contributed by atoms with Crippen LogP contribution in [0.3, 0.4) is 0 Å². The van der Waals surface area contributed by atoms with Crippen molar-refractivity contribution in [3.8, 4) is 5.75 Å². The number of nitrogens with one attached hydrogen (secondary N) is 1. The third kappa shape index (κ3) is 3.98. The summed E-state index contributed by atoms with van der Waals surface area (Å²) in [5, 5.41) is 12.4. The fraction of sp³-hybridized carbons (Fsp3) is 0.231. The predicted octanol–water partition coefficient (Wildman–Crippen LogP) is 1.51. The van der Waals surface area contributed by atoms with E-state index < -0.39 is 5.97 Å². The number of aromatic nitrogens is 3. The number of hydrogen-bond donors (Lipinski definition) is 1. The van der Waals surface area contributed by atoms with Gasteiger partial charge in [-0.2, -0.15) is 5.10 Å². The second-order valence-electron chi connectivity index (χ2n) is 4.08. The zero-order valence-corrected chi connectivity index (χ0v) is 13.1. The number of hydrazone groups is 1. The van der Waals surface area contributed by atoms with Gasteiger partial charge in [-0.25, -0.2) is 4.79 Å². The lowest BCUT2D eigenvalue weighted by molar-refractivity contribution is -0.132. The third-order valence-corrected chi connectivity index (χ3v) is 3.60. The molecule has 1 aromatic carbocycles. The van der Waals surface area contributed by atoms with Crippen LogP contribution in [0.15, 0.2) is 40.9 Å². The van der Waals surface area contributed by atoms with Crippen molar-refractivity contribution in [1.29, 1.82) is 0 Å². The second-order valence-corrected chi connectivity index (χ2v) is 5.03. The van der Waals surface area contributed by atoms with Crippen molar-refractivity contribution in [2.45, 2.75) is 5.16 Å². The van der Waals surface area contributed by atoms with E-state index >= 15 is 0 Å². The Balaban J connectivity index is 2.13. The molecule has 0 fully saturated rings. The van der Waals surface area contributed by atoms with Crippen LogP contribution in [0.5, 0.6) is 5.75 Å². The number of carbonyl (C=O) groups is 1. The number of anilines is 1. The predicted molar refractivity (Wildman–Crippen MR) is 82.9 cm³/mol. The fourth-order valence-corrected chi connectivity index (χ4v) is 2.14. The fourth-order valence-electron chi connectivity index (χ4n) is 1.43. The Morgan fingerprint density at radius 2 is 2.05 bits per heavy atom. The van der Waals surface area contributed by atoms with Gasteiger partial charge in [0.05, 0.1) is 19.9 Å². The molecule has 22 heavy (non-hydrogen) atoms. The molecule has 116 valence electrons. The summed E-state index contributed by atoms with van der Waals surface area (Å²) in [4.78, 5) is 11.8. The Bertz CT molecular complexity index is 669. The minimum atomic E-state index is -0.561. The van der Waals surface area contributed by atoms with Crippen LogP contribution in [0.1, 0.15) is 0 Å². The highest BCUT2D eigenvalue weighted by Gasteiger charge is 2.17. The molecule has 0 saturated carbocycles. The summed E-state index contributed by atoms with van der Waals surface area (Å²) in [6.45, 7) is 0. The number of carbonyl (C=O) groups excluding carboxylic acids is 1. The van der Waals surface area contributed by atoms with E-state index in [0.29, 0.717) is 10.8 Å². The van der Waals surface area contributed by atoms with E-state index in [0.717, 1.165) is 17.5 Å². The Hall–Kier alpha value is -2.55. The minimum absolute atomic E-state index is 0.120. The number of esters is 1. The lowest BCUT2D eigenvalue weighted by Gasteiger charge is -2.06. The first-order valence-corrected chi connectivity index (χ1v) is 7.03. The molecule has 8 nitrogen and oxygen atoms in total. The standard InChI is InChI=1S/C13H15N5O3S/c1-18-8-14-17-13(18)22-11(12(19)21-3)16-15-9-4-6-10(20-2)7-5-9/h4-8,15H,1-3H3/b16-11+. The number of rotatable bonds is 4. The summed E-state index contributed by atoms with van der Waals surface area (Å²) in [6, 6.07) is 7.13. The Kier molecular flexibility index (Phi) is 5.37. The van der Waals surface area contributed by atoms with E-state index in [1.165, 1.54) is 13.4 Å². The van der Waals surface area contributed by atoms with Crippen LogP contribution in [-0.2, 0) is 16.6 Å². The first-order chi connectivity index (χ1) is 10.6. The maximum Gasteiger partial charge on any atom is 0.365 e. The van der Waals surface area contributed by atoms with Crippen LogP contribution in [0.25, 0.3) is 0 Å². The van der Waals surface area contributed by atoms with Crippen LogP contribution in [0.2, 0.25) is 0 Å². The monoisotopic (exact) mass is 321 g/mol. The highest BCUT2D eigenvalue weighted by molar-refractivity contribution is 8.15. The molecule has 2 aromatic rings. The molecule has 0 aliphatic carbocycles. The molecule has 1 aromatic heterocycles. The van der Waals surface area contributed by atoms with E-state index in [-0.39, 0.29) is 5.04 Å². The topological polar surface area (TPSA) is 90.6 Å². The Morgan fingerprint density at radius 3 is 2.59 bits per heavy atom. The van der Waals surface area contributed by atoms with Crippen molar-refractivity contribution >= 4 is 28.5 Å². The summed E-state index contributed by atoms with van der Waals surface area (Å²) in [5.41, 5.74) is 3.51. The molecule has 0 aliphatic rings. The van der Waals surface area contributed by atoms with E-state index in [1.807, 2.05) is 0 Å². The molecule has 0 amide bonds. The van der Waals surface area contributed by atoms with E-state index in [1.54, 1.807) is 43.0 Å². The van der Waals surface area contributed by atoms with Gasteiger partial charge >= 0.3 is 5.97 Å². The molecule has 1 heterocycles. The Labute approximate surface area is 131 Å². The van der Waals surface area contributed by atoms with Crippen molar-refractivity contribution in [3.63, 3.8) is 0 Å². The van der Waals surface area contributed by atoms with Gasteiger partial charge in [0.15, 0.2) is 5.16 Å². The van der Waals surface area contributed by atoms with Gasteiger partial charge in [0.2, 0.25) is 5.04 Å². The molecular formula is C13H15N5O3S. The molecule has 0 bridgehead atoms. The summed E-state index contributed by atoms with van der Waals surface area (Å²) in [7, 11) is 4.66. The van der Waals surface area contributed by atoms with Crippen LogP contribution in [-0.4, -0.2) is 40.0 Å². The van der Waals surface area contributed by atoms with Crippen LogP contribution >= 0.6 is 11.8 Å². The number of aryl methyl sites for hydroxylation is 1. The van der Waals surface area contributed by atoms with Crippen LogP contribution in [0.4, 0.5) is 5.69 Å². The van der Waals surface area contributed by atoms with Gasteiger partial charge in [-0.15, -0.1) is 10.2 Å². The summed E-state index contributed by atoms with van der Waals surface area (Å²) < 4.78 is 11.5. The molecule has 1 N–H and O–H groups in total. The minimum Gasteiger partial charge on any atom is -0.497 e. The van der Waals surface area contributed by atoms with E-state index in [2.05, 4.69) is 20.7 Å².